The number of amides is 1. The SMILES string of the molecule is C=C/C=C(/c1ccccn1)c1nc(-c2n[nH]c3ccc(-c4cncc(NC(=O)CC(C)C)c4)cc23)[nH]c1C. The Labute approximate surface area is 221 Å². The first kappa shape index (κ1) is 24.8. The summed E-state index contributed by atoms with van der Waals surface area (Å²) in [6.45, 7) is 9.88. The molecule has 0 aliphatic carbocycles. The zero-order valence-electron chi connectivity index (χ0n) is 21.6. The highest BCUT2D eigenvalue weighted by Gasteiger charge is 2.18. The average Bonchev–Trinajstić information content (AvgIpc) is 3.50. The minimum Gasteiger partial charge on any atom is -0.340 e. The Morgan fingerprint density at radius 1 is 1.13 bits per heavy atom. The normalized spacial score (nSPS) is 11.7. The summed E-state index contributed by atoms with van der Waals surface area (Å²) in [6, 6.07) is 13.8. The number of imidazole rings is 1. The van der Waals surface area contributed by atoms with Crippen LogP contribution in [-0.4, -0.2) is 36.0 Å². The van der Waals surface area contributed by atoms with Crippen LogP contribution in [-0.2, 0) is 4.79 Å². The molecule has 0 spiro atoms. The molecule has 0 unspecified atom stereocenters. The van der Waals surface area contributed by atoms with Gasteiger partial charge in [-0.25, -0.2) is 4.98 Å². The van der Waals surface area contributed by atoms with E-state index in [0.29, 0.717) is 23.6 Å². The van der Waals surface area contributed by atoms with Crippen molar-refractivity contribution >= 4 is 28.1 Å². The van der Waals surface area contributed by atoms with Crippen LogP contribution in [0.15, 0.2) is 79.8 Å². The third-order valence-electron chi connectivity index (χ3n) is 6.10. The van der Waals surface area contributed by atoms with Crippen LogP contribution in [0.2, 0.25) is 0 Å². The number of allylic oxidation sites excluding steroid dienone is 2. The number of rotatable bonds is 8. The lowest BCUT2D eigenvalue weighted by atomic mass is 10.0. The van der Waals surface area contributed by atoms with Crippen molar-refractivity contribution in [2.75, 3.05) is 5.32 Å². The van der Waals surface area contributed by atoms with Crippen molar-refractivity contribution < 1.29 is 4.79 Å². The molecule has 0 saturated heterocycles. The van der Waals surface area contributed by atoms with Gasteiger partial charge in [-0.3, -0.25) is 19.9 Å². The molecular formula is C30H29N7O. The zero-order chi connectivity index (χ0) is 26.6. The smallest absolute Gasteiger partial charge is 0.224 e. The van der Waals surface area contributed by atoms with Gasteiger partial charge in [0.25, 0.3) is 0 Å². The van der Waals surface area contributed by atoms with E-state index in [-0.39, 0.29) is 11.8 Å². The second-order valence-electron chi connectivity index (χ2n) is 9.53. The summed E-state index contributed by atoms with van der Waals surface area (Å²) in [7, 11) is 0. The van der Waals surface area contributed by atoms with Crippen LogP contribution in [0.3, 0.4) is 0 Å². The predicted octanol–water partition coefficient (Wildman–Crippen LogP) is 6.32. The van der Waals surface area contributed by atoms with Gasteiger partial charge in [0.1, 0.15) is 5.69 Å². The Bertz CT molecular complexity index is 1640. The summed E-state index contributed by atoms with van der Waals surface area (Å²) in [4.78, 5) is 29.4. The quantitative estimate of drug-likeness (QED) is 0.215. The molecule has 5 rings (SSSR count). The van der Waals surface area contributed by atoms with E-state index in [1.807, 2.05) is 63.2 Å². The molecule has 190 valence electrons. The number of carbonyl (C=O) groups is 1. The van der Waals surface area contributed by atoms with Gasteiger partial charge < -0.3 is 10.3 Å². The number of aryl methyl sites for hydroxylation is 1. The minimum atomic E-state index is -0.0221. The highest BCUT2D eigenvalue weighted by molar-refractivity contribution is 5.95. The summed E-state index contributed by atoms with van der Waals surface area (Å²) >= 11 is 0. The van der Waals surface area contributed by atoms with Crippen molar-refractivity contribution in [2.24, 2.45) is 5.92 Å². The third-order valence-corrected chi connectivity index (χ3v) is 6.10. The van der Waals surface area contributed by atoms with Crippen LogP contribution in [0.1, 0.15) is 37.4 Å². The fourth-order valence-corrected chi connectivity index (χ4v) is 4.38. The summed E-state index contributed by atoms with van der Waals surface area (Å²) < 4.78 is 0. The fourth-order valence-electron chi connectivity index (χ4n) is 4.38. The van der Waals surface area contributed by atoms with Crippen molar-refractivity contribution in [1.82, 2.24) is 30.1 Å². The number of aromatic amines is 2. The van der Waals surface area contributed by atoms with E-state index in [2.05, 4.69) is 43.1 Å². The molecule has 1 amide bonds. The van der Waals surface area contributed by atoms with Gasteiger partial charge in [-0.05, 0) is 48.7 Å². The highest BCUT2D eigenvalue weighted by Crippen LogP contribution is 2.32. The zero-order valence-corrected chi connectivity index (χ0v) is 21.6. The van der Waals surface area contributed by atoms with E-state index >= 15 is 0 Å². The number of H-pyrrole nitrogens is 2. The lowest BCUT2D eigenvalue weighted by Crippen LogP contribution is -2.13. The Balaban J connectivity index is 1.51. The summed E-state index contributed by atoms with van der Waals surface area (Å²) in [5.74, 6) is 0.914. The molecule has 0 bridgehead atoms. The maximum Gasteiger partial charge on any atom is 0.224 e. The molecule has 38 heavy (non-hydrogen) atoms. The van der Waals surface area contributed by atoms with Gasteiger partial charge >= 0.3 is 0 Å². The number of hydrogen-bond acceptors (Lipinski definition) is 5. The van der Waals surface area contributed by atoms with Gasteiger partial charge in [-0.1, -0.05) is 44.7 Å². The molecule has 5 aromatic rings. The van der Waals surface area contributed by atoms with Gasteiger partial charge in [0, 0.05) is 41.0 Å². The Morgan fingerprint density at radius 3 is 2.76 bits per heavy atom. The van der Waals surface area contributed by atoms with Crippen LogP contribution in [0.5, 0.6) is 0 Å². The Kier molecular flexibility index (Phi) is 6.95. The Hall–Kier alpha value is -4.85. The monoisotopic (exact) mass is 503 g/mol. The molecule has 0 radical (unpaired) electrons. The molecule has 0 aliphatic rings. The summed E-state index contributed by atoms with van der Waals surface area (Å²) in [5.41, 5.74) is 7.51. The van der Waals surface area contributed by atoms with Crippen molar-refractivity contribution in [2.45, 2.75) is 27.2 Å². The van der Waals surface area contributed by atoms with E-state index in [1.54, 1.807) is 24.7 Å². The van der Waals surface area contributed by atoms with Crippen LogP contribution in [0.25, 0.3) is 39.1 Å². The number of fused-ring (bicyclic) bond motifs is 1. The average molecular weight is 504 g/mol. The second kappa shape index (κ2) is 10.6. The number of nitrogens with one attached hydrogen (secondary N) is 3. The summed E-state index contributed by atoms with van der Waals surface area (Å²) in [5, 5.41) is 11.5. The number of carbonyl (C=O) groups excluding carboxylic acids is 1. The van der Waals surface area contributed by atoms with Crippen LogP contribution in [0.4, 0.5) is 5.69 Å². The number of aromatic nitrogens is 6. The van der Waals surface area contributed by atoms with E-state index in [1.165, 1.54) is 0 Å². The van der Waals surface area contributed by atoms with E-state index in [4.69, 9.17) is 4.98 Å². The van der Waals surface area contributed by atoms with Crippen molar-refractivity contribution in [3.8, 4) is 22.6 Å². The maximum absolute atomic E-state index is 12.2. The minimum absolute atomic E-state index is 0.0221. The topological polar surface area (TPSA) is 112 Å². The molecule has 8 heteroatoms. The first-order chi connectivity index (χ1) is 18.4. The number of pyridine rings is 2. The number of hydrogen-bond donors (Lipinski definition) is 3. The predicted molar refractivity (Wildman–Crippen MR) is 151 cm³/mol. The van der Waals surface area contributed by atoms with Gasteiger partial charge in [0.15, 0.2) is 5.82 Å². The van der Waals surface area contributed by atoms with Crippen LogP contribution < -0.4 is 5.32 Å². The van der Waals surface area contributed by atoms with Crippen molar-refractivity contribution in [3.05, 3.63) is 96.9 Å². The van der Waals surface area contributed by atoms with Crippen LogP contribution in [0, 0.1) is 12.8 Å². The van der Waals surface area contributed by atoms with Gasteiger partial charge in [-0.2, -0.15) is 5.10 Å². The molecule has 1 aromatic carbocycles. The number of benzene rings is 1. The molecule has 3 N–H and O–H groups in total. The summed E-state index contributed by atoms with van der Waals surface area (Å²) in [6.07, 6.45) is 9.32. The largest absolute Gasteiger partial charge is 0.340 e. The first-order valence-corrected chi connectivity index (χ1v) is 12.5. The lowest BCUT2D eigenvalue weighted by molar-refractivity contribution is -0.116. The van der Waals surface area contributed by atoms with E-state index in [9.17, 15) is 4.79 Å². The Morgan fingerprint density at radius 2 is 2.00 bits per heavy atom. The van der Waals surface area contributed by atoms with Crippen molar-refractivity contribution in [1.29, 1.82) is 0 Å². The molecule has 0 saturated carbocycles. The standard InChI is InChI=1S/C30H29N7O/c1-5-8-23(25-9-6-7-12-32-25)28-19(4)33-30(35-28)29-24-15-20(10-11-26(24)36-37-29)21-14-22(17-31-16-21)34-27(38)13-18(2)3/h5-12,14-18H,1,13H2,2-4H3,(H,33,35)(H,34,38)(H,36,37)/b23-8-. The molecule has 8 nitrogen and oxygen atoms in total. The van der Waals surface area contributed by atoms with E-state index in [0.717, 1.165) is 44.7 Å². The fraction of sp³-hybridized carbons (Fsp3) is 0.167. The lowest BCUT2D eigenvalue weighted by Gasteiger charge is -2.09. The maximum atomic E-state index is 12.2. The van der Waals surface area contributed by atoms with Gasteiger partial charge in [-0.15, -0.1) is 0 Å². The van der Waals surface area contributed by atoms with Crippen LogP contribution >= 0.6 is 0 Å². The molecule has 4 heterocycles. The molecule has 4 aromatic heterocycles. The van der Waals surface area contributed by atoms with Gasteiger partial charge in [0.05, 0.1) is 28.8 Å². The number of nitrogens with zero attached hydrogens (tertiary/aromatic N) is 4. The molecular weight excluding hydrogens is 474 g/mol. The van der Waals surface area contributed by atoms with Crippen molar-refractivity contribution in [3.63, 3.8) is 0 Å². The third kappa shape index (κ3) is 5.15. The molecule has 0 aliphatic heterocycles. The second-order valence-corrected chi connectivity index (χ2v) is 9.53. The molecule has 0 atom stereocenters. The highest BCUT2D eigenvalue weighted by atomic mass is 16.1. The first-order valence-electron chi connectivity index (χ1n) is 12.5. The number of anilines is 1. The van der Waals surface area contributed by atoms with Gasteiger partial charge in [0.2, 0.25) is 5.91 Å². The van der Waals surface area contributed by atoms with E-state index < -0.39 is 0 Å². The molecule has 0 fully saturated rings.